The fourth-order valence-electron chi connectivity index (χ4n) is 9.17. The molecule has 35 heavy (non-hydrogen) atoms. The van der Waals surface area contributed by atoms with E-state index in [0.29, 0.717) is 18.3 Å². The third-order valence-corrected chi connectivity index (χ3v) is 11.4. The predicted molar refractivity (Wildman–Crippen MR) is 130 cm³/mol. The fourth-order valence-corrected chi connectivity index (χ4v) is 9.17. The molecule has 3 saturated carbocycles. The molecule has 8 heteroatoms. The fraction of sp³-hybridized carbons (Fsp3) is 0.926. The van der Waals surface area contributed by atoms with Crippen molar-refractivity contribution in [3.8, 4) is 0 Å². The van der Waals surface area contributed by atoms with Gasteiger partial charge in [0.1, 0.15) is 6.23 Å². The van der Waals surface area contributed by atoms with Gasteiger partial charge in [-0.3, -0.25) is 9.80 Å². The Kier molecular flexibility index (Phi) is 5.61. The molecule has 0 aromatic heterocycles. The van der Waals surface area contributed by atoms with Crippen LogP contribution in [0.1, 0.15) is 66.2 Å². The van der Waals surface area contributed by atoms with E-state index in [4.69, 9.17) is 14.6 Å². The lowest BCUT2D eigenvalue weighted by Crippen LogP contribution is -2.72. The van der Waals surface area contributed by atoms with Crippen LogP contribution in [0.15, 0.2) is 5.10 Å². The van der Waals surface area contributed by atoms with Crippen LogP contribution in [0.4, 0.5) is 0 Å². The second kappa shape index (κ2) is 8.14. The Hall–Kier alpha value is -1.22. The Morgan fingerprint density at radius 1 is 1.14 bits per heavy atom. The third-order valence-electron chi connectivity index (χ3n) is 11.4. The molecule has 3 aliphatic heterocycles. The first-order valence-corrected chi connectivity index (χ1v) is 13.8. The van der Waals surface area contributed by atoms with Crippen LogP contribution < -0.4 is 5.32 Å². The largest absolute Gasteiger partial charge is 0.393 e. The molecule has 10 unspecified atom stereocenters. The van der Waals surface area contributed by atoms with Gasteiger partial charge in [-0.25, -0.2) is 0 Å². The van der Waals surface area contributed by atoms with Crippen LogP contribution in [0.3, 0.4) is 0 Å². The summed E-state index contributed by atoms with van der Waals surface area (Å²) < 4.78 is 12.9. The first-order chi connectivity index (χ1) is 16.6. The van der Waals surface area contributed by atoms with Gasteiger partial charge < -0.3 is 25.0 Å². The SMILES string of the molecule is CC1CCC2C(C)(C)C(=NN3CCOCC3)CCC23OC2C(CC13C)C(O)CC1C(=O)NC(O)C12. The summed E-state index contributed by atoms with van der Waals surface area (Å²) in [5.74, 6) is -0.0959. The van der Waals surface area contributed by atoms with Crippen molar-refractivity contribution in [2.24, 2.45) is 45.5 Å². The summed E-state index contributed by atoms with van der Waals surface area (Å²) in [6.45, 7) is 12.6. The van der Waals surface area contributed by atoms with Gasteiger partial charge in [0.15, 0.2) is 0 Å². The molecule has 1 spiro atoms. The normalized spacial score (nSPS) is 52.2. The highest BCUT2D eigenvalue weighted by Crippen LogP contribution is 2.68. The topological polar surface area (TPSA) is 104 Å². The molecule has 0 radical (unpaired) electrons. The molecule has 6 fully saturated rings. The number of hydrogen-bond acceptors (Lipinski definition) is 7. The molecule has 3 N–H and O–H groups in total. The quantitative estimate of drug-likeness (QED) is 0.521. The number of nitrogens with one attached hydrogen (secondary N) is 1. The molecular weight excluding hydrogens is 446 g/mol. The van der Waals surface area contributed by atoms with Gasteiger partial charge in [0.25, 0.3) is 0 Å². The number of amides is 1. The number of fused-ring (bicyclic) bond motifs is 3. The third kappa shape index (κ3) is 3.32. The van der Waals surface area contributed by atoms with Crippen LogP contribution in [0.25, 0.3) is 0 Å². The van der Waals surface area contributed by atoms with Crippen molar-refractivity contribution in [1.82, 2.24) is 10.3 Å². The van der Waals surface area contributed by atoms with E-state index in [2.05, 4.69) is 38.0 Å². The van der Waals surface area contributed by atoms with Gasteiger partial charge in [0.05, 0.1) is 50.0 Å². The monoisotopic (exact) mass is 489 g/mol. The molecule has 0 bridgehead atoms. The van der Waals surface area contributed by atoms with Crippen LogP contribution in [0.2, 0.25) is 0 Å². The second-order valence-corrected chi connectivity index (χ2v) is 13.1. The van der Waals surface area contributed by atoms with Gasteiger partial charge in [-0.1, -0.05) is 27.7 Å². The van der Waals surface area contributed by atoms with E-state index in [-0.39, 0.29) is 46.2 Å². The highest BCUT2D eigenvalue weighted by Gasteiger charge is 2.70. The van der Waals surface area contributed by atoms with Crippen LogP contribution in [-0.4, -0.2) is 77.2 Å². The molecule has 6 aliphatic rings. The number of carbonyl (C=O) groups is 1. The number of hydrazone groups is 1. The number of carbonyl (C=O) groups excluding carboxylic acids is 1. The van der Waals surface area contributed by atoms with Crippen LogP contribution in [0, 0.1) is 40.4 Å². The minimum Gasteiger partial charge on any atom is -0.393 e. The number of hydrogen-bond donors (Lipinski definition) is 3. The number of aliphatic hydroxyl groups is 2. The molecule has 3 saturated heterocycles. The van der Waals surface area contributed by atoms with E-state index in [1.165, 1.54) is 5.71 Å². The van der Waals surface area contributed by atoms with Gasteiger partial charge >= 0.3 is 0 Å². The molecule has 1 amide bonds. The summed E-state index contributed by atoms with van der Waals surface area (Å²) in [4.78, 5) is 12.6. The predicted octanol–water partition coefficient (Wildman–Crippen LogP) is 2.14. The minimum absolute atomic E-state index is 0.0537. The minimum atomic E-state index is -0.900. The lowest BCUT2D eigenvalue weighted by molar-refractivity contribution is -0.323. The van der Waals surface area contributed by atoms with E-state index < -0.39 is 12.3 Å². The molecule has 196 valence electrons. The van der Waals surface area contributed by atoms with E-state index in [0.717, 1.165) is 58.4 Å². The molecule has 8 nitrogen and oxygen atoms in total. The standard InChI is InChI=1S/C27H43N3O5/c1-15-5-6-19-25(2,3)20(29-30-9-11-34-12-10-30)7-8-27(19)26(15,4)14-17-18(31)13-16-21(22(17)35-27)24(33)28-23(16)32/h15-19,21-22,24,31,33H,5-14H2,1-4H3,(H,28,32). The summed E-state index contributed by atoms with van der Waals surface area (Å²) in [6.07, 6.45) is 3.52. The Bertz CT molecular complexity index is 903. The summed E-state index contributed by atoms with van der Waals surface area (Å²) in [5.41, 5.74) is 0.705. The highest BCUT2D eigenvalue weighted by molar-refractivity contribution is 5.91. The zero-order chi connectivity index (χ0) is 24.8. The second-order valence-electron chi connectivity index (χ2n) is 13.1. The summed E-state index contributed by atoms with van der Waals surface area (Å²) in [5, 5.41) is 32.1. The Labute approximate surface area is 208 Å². The maximum atomic E-state index is 12.6. The molecule has 10 atom stereocenters. The number of morpholine rings is 1. The first-order valence-electron chi connectivity index (χ1n) is 13.8. The number of aliphatic hydroxyl groups excluding tert-OH is 2. The average Bonchev–Trinajstić information content (AvgIpc) is 3.09. The highest BCUT2D eigenvalue weighted by atomic mass is 16.5. The van der Waals surface area contributed by atoms with E-state index in [1.54, 1.807) is 0 Å². The number of rotatable bonds is 1. The van der Waals surface area contributed by atoms with Gasteiger partial charge in [-0.2, -0.15) is 5.10 Å². The zero-order valence-corrected chi connectivity index (χ0v) is 21.7. The molecule has 6 rings (SSSR count). The molecular formula is C27H43N3O5. The lowest BCUT2D eigenvalue weighted by atomic mass is 9.42. The van der Waals surface area contributed by atoms with Crippen LogP contribution >= 0.6 is 0 Å². The molecule has 3 heterocycles. The lowest BCUT2D eigenvalue weighted by Gasteiger charge is -2.70. The van der Waals surface area contributed by atoms with Crippen LogP contribution in [-0.2, 0) is 14.3 Å². The number of ether oxygens (including phenoxy) is 2. The Morgan fingerprint density at radius 3 is 2.63 bits per heavy atom. The maximum absolute atomic E-state index is 12.6. The van der Waals surface area contributed by atoms with E-state index in [9.17, 15) is 15.0 Å². The summed E-state index contributed by atoms with van der Waals surface area (Å²) in [7, 11) is 0. The van der Waals surface area contributed by atoms with Crippen LogP contribution in [0.5, 0.6) is 0 Å². The Morgan fingerprint density at radius 2 is 1.89 bits per heavy atom. The van der Waals surface area contributed by atoms with Crippen molar-refractivity contribution in [1.29, 1.82) is 0 Å². The molecule has 0 aromatic rings. The number of nitrogens with zero attached hydrogens (tertiary/aromatic N) is 2. The van der Waals surface area contributed by atoms with Gasteiger partial charge in [0, 0.05) is 23.0 Å². The van der Waals surface area contributed by atoms with Gasteiger partial charge in [-0.15, -0.1) is 0 Å². The zero-order valence-electron chi connectivity index (χ0n) is 21.7. The Balaban J connectivity index is 1.38. The summed E-state index contributed by atoms with van der Waals surface area (Å²) in [6, 6.07) is 0. The smallest absolute Gasteiger partial charge is 0.225 e. The van der Waals surface area contributed by atoms with Gasteiger partial charge in [0.2, 0.25) is 5.91 Å². The van der Waals surface area contributed by atoms with Crippen molar-refractivity contribution in [3.05, 3.63) is 0 Å². The van der Waals surface area contributed by atoms with Crippen molar-refractivity contribution in [3.63, 3.8) is 0 Å². The first kappa shape index (κ1) is 24.1. The molecule has 3 aliphatic carbocycles. The molecule has 0 aromatic carbocycles. The summed E-state index contributed by atoms with van der Waals surface area (Å²) >= 11 is 0. The van der Waals surface area contributed by atoms with E-state index >= 15 is 0 Å². The van der Waals surface area contributed by atoms with Crippen molar-refractivity contribution >= 4 is 11.6 Å². The maximum Gasteiger partial charge on any atom is 0.225 e. The van der Waals surface area contributed by atoms with Crippen molar-refractivity contribution in [2.75, 3.05) is 26.3 Å². The van der Waals surface area contributed by atoms with E-state index in [1.807, 2.05) is 0 Å². The van der Waals surface area contributed by atoms with Crippen molar-refractivity contribution < 1.29 is 24.5 Å². The average molecular weight is 490 g/mol. The van der Waals surface area contributed by atoms with Gasteiger partial charge in [-0.05, 0) is 55.8 Å². The van der Waals surface area contributed by atoms with Crippen molar-refractivity contribution in [2.45, 2.75) is 90.3 Å².